The van der Waals surface area contributed by atoms with E-state index in [4.69, 9.17) is 4.74 Å². The van der Waals surface area contributed by atoms with E-state index >= 15 is 0 Å². The van der Waals surface area contributed by atoms with Crippen LogP contribution in [0.3, 0.4) is 0 Å². The van der Waals surface area contributed by atoms with Crippen molar-refractivity contribution in [2.75, 3.05) is 23.4 Å². The molecule has 1 N–H and O–H groups in total. The number of rotatable bonds is 6. The maximum atomic E-state index is 11.2. The number of carbonyl (C=O) groups is 1. The van der Waals surface area contributed by atoms with E-state index in [9.17, 15) is 4.79 Å². The van der Waals surface area contributed by atoms with Crippen molar-refractivity contribution in [1.82, 2.24) is 0 Å². The molecule has 1 amide bonds. The lowest BCUT2D eigenvalue weighted by Crippen LogP contribution is -2.18. The van der Waals surface area contributed by atoms with Gasteiger partial charge in [0.05, 0.1) is 6.61 Å². The van der Waals surface area contributed by atoms with Crippen molar-refractivity contribution in [3.05, 3.63) is 23.8 Å². The number of hydrogen-bond acceptors (Lipinski definition) is 3. The predicted octanol–water partition coefficient (Wildman–Crippen LogP) is 3.09. The summed E-state index contributed by atoms with van der Waals surface area (Å²) >= 11 is 1.94. The number of amides is 1. The van der Waals surface area contributed by atoms with Crippen LogP contribution < -0.4 is 10.1 Å². The minimum absolute atomic E-state index is 0.104. The van der Waals surface area contributed by atoms with Gasteiger partial charge in [0.1, 0.15) is 5.75 Å². The van der Waals surface area contributed by atoms with Gasteiger partial charge in [-0.05, 0) is 48.1 Å². The Morgan fingerprint density at radius 3 is 3.11 bits per heavy atom. The number of hydrogen-bond donors (Lipinski definition) is 1. The zero-order chi connectivity index (χ0) is 12.8. The molecule has 3 nitrogen and oxygen atoms in total. The smallest absolute Gasteiger partial charge is 0.224 e. The third-order valence-corrected chi connectivity index (χ3v) is 3.86. The molecule has 0 unspecified atom stereocenters. The third-order valence-electron chi connectivity index (χ3n) is 2.88. The van der Waals surface area contributed by atoms with Crippen LogP contribution in [-0.2, 0) is 11.2 Å². The van der Waals surface area contributed by atoms with Crippen molar-refractivity contribution in [2.24, 2.45) is 0 Å². The SMILES string of the molecule is CCSCCCOc1ccc2c(c1)CCC(=O)N2. The third kappa shape index (κ3) is 3.67. The van der Waals surface area contributed by atoms with Crippen LogP contribution in [0.1, 0.15) is 25.3 Å². The highest BCUT2D eigenvalue weighted by molar-refractivity contribution is 7.99. The summed E-state index contributed by atoms with van der Waals surface area (Å²) in [5, 5.41) is 2.87. The Morgan fingerprint density at radius 2 is 2.28 bits per heavy atom. The van der Waals surface area contributed by atoms with E-state index < -0.39 is 0 Å². The highest BCUT2D eigenvalue weighted by Crippen LogP contribution is 2.26. The molecule has 1 aromatic rings. The van der Waals surface area contributed by atoms with E-state index in [1.165, 1.54) is 11.3 Å². The first kappa shape index (κ1) is 13.3. The molecule has 18 heavy (non-hydrogen) atoms. The van der Waals surface area contributed by atoms with Gasteiger partial charge in [-0.15, -0.1) is 0 Å². The molecule has 1 aromatic carbocycles. The predicted molar refractivity (Wildman–Crippen MR) is 76.5 cm³/mol. The highest BCUT2D eigenvalue weighted by Gasteiger charge is 2.14. The summed E-state index contributed by atoms with van der Waals surface area (Å²) in [6.07, 6.45) is 2.46. The number of aryl methyl sites for hydroxylation is 1. The molecule has 0 fully saturated rings. The number of ether oxygens (including phenoxy) is 1. The van der Waals surface area contributed by atoms with E-state index in [0.29, 0.717) is 6.42 Å². The van der Waals surface area contributed by atoms with E-state index in [0.717, 1.165) is 36.6 Å². The molecule has 98 valence electrons. The van der Waals surface area contributed by atoms with Gasteiger partial charge in [-0.2, -0.15) is 11.8 Å². The Kier molecular flexibility index (Phi) is 4.93. The molecular formula is C14H19NO2S. The van der Waals surface area contributed by atoms with Crippen LogP contribution in [0, 0.1) is 0 Å². The maximum absolute atomic E-state index is 11.2. The zero-order valence-electron chi connectivity index (χ0n) is 10.7. The van der Waals surface area contributed by atoms with Crippen LogP contribution in [0.25, 0.3) is 0 Å². The Hall–Kier alpha value is -1.16. The Balaban J connectivity index is 1.85. The van der Waals surface area contributed by atoms with Gasteiger partial charge in [-0.1, -0.05) is 6.92 Å². The first-order valence-electron chi connectivity index (χ1n) is 6.43. The molecule has 0 bridgehead atoms. The van der Waals surface area contributed by atoms with Crippen molar-refractivity contribution < 1.29 is 9.53 Å². The number of benzene rings is 1. The van der Waals surface area contributed by atoms with E-state index in [2.05, 4.69) is 12.2 Å². The first-order valence-corrected chi connectivity index (χ1v) is 7.58. The fourth-order valence-electron chi connectivity index (χ4n) is 1.94. The molecule has 1 heterocycles. The van der Waals surface area contributed by atoms with Gasteiger partial charge in [0.2, 0.25) is 5.91 Å². The molecule has 0 saturated heterocycles. The number of thioether (sulfide) groups is 1. The van der Waals surface area contributed by atoms with Gasteiger partial charge in [-0.3, -0.25) is 4.79 Å². The molecule has 1 aliphatic heterocycles. The molecule has 2 rings (SSSR count). The van der Waals surface area contributed by atoms with E-state index in [-0.39, 0.29) is 5.91 Å². The van der Waals surface area contributed by atoms with E-state index in [1.54, 1.807) is 0 Å². The van der Waals surface area contributed by atoms with Crippen LogP contribution in [0.5, 0.6) is 5.75 Å². The number of anilines is 1. The summed E-state index contributed by atoms with van der Waals surface area (Å²) in [4.78, 5) is 11.2. The normalized spacial score (nSPS) is 13.9. The van der Waals surface area contributed by atoms with Gasteiger partial charge in [0, 0.05) is 12.1 Å². The van der Waals surface area contributed by atoms with Gasteiger partial charge in [0.15, 0.2) is 0 Å². The summed E-state index contributed by atoms with van der Waals surface area (Å²) < 4.78 is 5.72. The standard InChI is InChI=1S/C14H19NO2S/c1-2-18-9-3-8-17-12-5-6-13-11(10-12)4-7-14(16)15-13/h5-6,10H,2-4,7-9H2,1H3,(H,15,16). The second-order valence-corrected chi connectivity index (χ2v) is 5.66. The summed E-state index contributed by atoms with van der Waals surface area (Å²) in [5.74, 6) is 3.33. The van der Waals surface area contributed by atoms with Crippen molar-refractivity contribution >= 4 is 23.4 Å². The van der Waals surface area contributed by atoms with Crippen molar-refractivity contribution in [1.29, 1.82) is 0 Å². The van der Waals surface area contributed by atoms with Crippen LogP contribution >= 0.6 is 11.8 Å². The average Bonchev–Trinajstić information content (AvgIpc) is 2.38. The van der Waals surface area contributed by atoms with Crippen molar-refractivity contribution in [2.45, 2.75) is 26.2 Å². The summed E-state index contributed by atoms with van der Waals surface area (Å²) in [6, 6.07) is 5.90. The maximum Gasteiger partial charge on any atom is 0.224 e. The topological polar surface area (TPSA) is 38.3 Å². The van der Waals surface area contributed by atoms with Crippen LogP contribution in [0.4, 0.5) is 5.69 Å². The minimum Gasteiger partial charge on any atom is -0.494 e. The molecule has 0 aliphatic carbocycles. The van der Waals surface area contributed by atoms with Gasteiger partial charge < -0.3 is 10.1 Å². The molecule has 1 aliphatic rings. The molecule has 0 spiro atoms. The Labute approximate surface area is 112 Å². The Morgan fingerprint density at radius 1 is 1.39 bits per heavy atom. The first-order chi connectivity index (χ1) is 8.79. The molecule has 0 saturated carbocycles. The lowest BCUT2D eigenvalue weighted by Gasteiger charge is -2.17. The van der Waals surface area contributed by atoms with Gasteiger partial charge in [0.25, 0.3) is 0 Å². The van der Waals surface area contributed by atoms with E-state index in [1.807, 2.05) is 30.0 Å². The van der Waals surface area contributed by atoms with Crippen LogP contribution in [0.15, 0.2) is 18.2 Å². The summed E-state index contributed by atoms with van der Waals surface area (Å²) in [6.45, 7) is 2.93. The summed E-state index contributed by atoms with van der Waals surface area (Å²) in [7, 11) is 0. The minimum atomic E-state index is 0.104. The lowest BCUT2D eigenvalue weighted by atomic mass is 10.0. The molecular weight excluding hydrogens is 246 g/mol. The lowest BCUT2D eigenvalue weighted by molar-refractivity contribution is -0.116. The van der Waals surface area contributed by atoms with Gasteiger partial charge in [-0.25, -0.2) is 0 Å². The molecule has 0 aromatic heterocycles. The highest BCUT2D eigenvalue weighted by atomic mass is 32.2. The van der Waals surface area contributed by atoms with Crippen molar-refractivity contribution in [3.8, 4) is 5.75 Å². The van der Waals surface area contributed by atoms with Crippen LogP contribution in [0.2, 0.25) is 0 Å². The molecule has 4 heteroatoms. The number of carbonyl (C=O) groups excluding carboxylic acids is 1. The number of fused-ring (bicyclic) bond motifs is 1. The average molecular weight is 265 g/mol. The second kappa shape index (κ2) is 6.69. The summed E-state index contributed by atoms with van der Waals surface area (Å²) in [5.41, 5.74) is 2.11. The van der Waals surface area contributed by atoms with Crippen LogP contribution in [-0.4, -0.2) is 24.0 Å². The second-order valence-electron chi connectivity index (χ2n) is 4.27. The largest absolute Gasteiger partial charge is 0.494 e. The van der Waals surface area contributed by atoms with Crippen molar-refractivity contribution in [3.63, 3.8) is 0 Å². The molecule has 0 radical (unpaired) electrons. The Bertz CT molecular complexity index is 420. The van der Waals surface area contributed by atoms with Gasteiger partial charge >= 0.3 is 0 Å². The number of nitrogens with one attached hydrogen (secondary N) is 1. The monoisotopic (exact) mass is 265 g/mol. The fraction of sp³-hybridized carbons (Fsp3) is 0.500. The zero-order valence-corrected chi connectivity index (χ0v) is 11.5. The fourth-order valence-corrected chi connectivity index (χ4v) is 2.56. The molecule has 0 atom stereocenters. The quantitative estimate of drug-likeness (QED) is 0.803.